The van der Waals surface area contributed by atoms with Crippen LogP contribution in [0.15, 0.2) is 22.0 Å². The molecular formula is C17H21ClN4O4. The number of aliphatic hydroxyl groups is 1. The molecule has 0 bridgehead atoms. The van der Waals surface area contributed by atoms with Crippen molar-refractivity contribution in [3.63, 3.8) is 0 Å². The van der Waals surface area contributed by atoms with Gasteiger partial charge in [-0.1, -0.05) is 11.6 Å². The number of benzene rings is 1. The zero-order chi connectivity index (χ0) is 19.1. The van der Waals surface area contributed by atoms with Crippen molar-refractivity contribution in [3.8, 4) is 11.5 Å². The minimum atomic E-state index is -0.310. The van der Waals surface area contributed by atoms with Crippen LogP contribution in [0.4, 0.5) is 5.95 Å². The Morgan fingerprint density at radius 2 is 2.23 bits per heavy atom. The standard InChI is InChI=1S/C17H21ClN4O4/c1-4-26-15-13(18)7-11(8-14(15)25-3)9-19-22-17-20-10(2)12(5-6-23)16(24)21-17/h7-9,23H,4-6H2,1-3H3,(H2,20,21,22,24)/b19-9-. The lowest BCUT2D eigenvalue weighted by Gasteiger charge is -2.11. The van der Waals surface area contributed by atoms with Crippen molar-refractivity contribution in [2.75, 3.05) is 25.7 Å². The maximum absolute atomic E-state index is 12.0. The van der Waals surface area contributed by atoms with Crippen molar-refractivity contribution in [2.24, 2.45) is 5.10 Å². The SMILES string of the molecule is CCOc1c(Cl)cc(/C=N\Nc2nc(C)c(CCO)c(=O)[nH]2)cc1OC. The number of aryl methyl sites for hydroxylation is 1. The Kier molecular flexibility index (Phi) is 6.99. The molecule has 0 saturated heterocycles. The first-order valence-corrected chi connectivity index (χ1v) is 8.38. The fourth-order valence-electron chi connectivity index (χ4n) is 2.34. The summed E-state index contributed by atoms with van der Waals surface area (Å²) in [7, 11) is 1.53. The molecule has 0 spiro atoms. The quantitative estimate of drug-likeness (QED) is 0.478. The number of aliphatic hydroxyl groups excluding tert-OH is 1. The molecule has 26 heavy (non-hydrogen) atoms. The van der Waals surface area contributed by atoms with Crippen molar-refractivity contribution in [1.29, 1.82) is 0 Å². The molecule has 2 aromatic rings. The van der Waals surface area contributed by atoms with E-state index in [1.165, 1.54) is 13.3 Å². The van der Waals surface area contributed by atoms with Crippen LogP contribution in [0.3, 0.4) is 0 Å². The first-order chi connectivity index (χ1) is 12.5. The molecule has 0 aliphatic carbocycles. The fourth-order valence-corrected chi connectivity index (χ4v) is 2.61. The van der Waals surface area contributed by atoms with Crippen molar-refractivity contribution in [1.82, 2.24) is 9.97 Å². The lowest BCUT2D eigenvalue weighted by atomic mass is 10.2. The van der Waals surface area contributed by atoms with Gasteiger partial charge in [0.05, 0.1) is 30.6 Å². The molecule has 0 aliphatic rings. The molecule has 8 nitrogen and oxygen atoms in total. The van der Waals surface area contributed by atoms with Crippen molar-refractivity contribution in [3.05, 3.63) is 44.3 Å². The minimum Gasteiger partial charge on any atom is -0.493 e. The normalized spacial score (nSPS) is 11.0. The summed E-state index contributed by atoms with van der Waals surface area (Å²) in [5.41, 5.74) is 4.02. The van der Waals surface area contributed by atoms with Crippen LogP contribution < -0.4 is 20.5 Å². The monoisotopic (exact) mass is 380 g/mol. The third kappa shape index (κ3) is 4.74. The number of methoxy groups -OCH3 is 1. The van der Waals surface area contributed by atoms with Gasteiger partial charge in [-0.05, 0) is 31.5 Å². The van der Waals surface area contributed by atoms with Crippen LogP contribution >= 0.6 is 11.6 Å². The molecule has 9 heteroatoms. The second kappa shape index (κ2) is 9.21. The van der Waals surface area contributed by atoms with E-state index in [0.717, 1.165) is 0 Å². The average Bonchev–Trinajstić information content (AvgIpc) is 2.60. The highest BCUT2D eigenvalue weighted by Gasteiger charge is 2.11. The van der Waals surface area contributed by atoms with E-state index in [1.54, 1.807) is 19.1 Å². The van der Waals surface area contributed by atoms with E-state index in [4.69, 9.17) is 26.2 Å². The Hall–Kier alpha value is -2.58. The van der Waals surface area contributed by atoms with Crippen LogP contribution in [0.1, 0.15) is 23.7 Å². The molecule has 140 valence electrons. The molecule has 0 fully saturated rings. The molecule has 1 aromatic carbocycles. The van der Waals surface area contributed by atoms with Gasteiger partial charge >= 0.3 is 0 Å². The number of nitrogens with zero attached hydrogens (tertiary/aromatic N) is 2. The summed E-state index contributed by atoms with van der Waals surface area (Å²) in [5.74, 6) is 1.17. The molecule has 0 saturated carbocycles. The maximum atomic E-state index is 12.0. The number of hydrogen-bond acceptors (Lipinski definition) is 7. The van der Waals surface area contributed by atoms with Gasteiger partial charge in [-0.25, -0.2) is 10.4 Å². The number of aromatic nitrogens is 2. The highest BCUT2D eigenvalue weighted by atomic mass is 35.5. The van der Waals surface area contributed by atoms with Crippen molar-refractivity contribution >= 4 is 23.8 Å². The first-order valence-electron chi connectivity index (χ1n) is 8.00. The summed E-state index contributed by atoms with van der Waals surface area (Å²) in [6.45, 7) is 3.91. The highest BCUT2D eigenvalue weighted by molar-refractivity contribution is 6.32. The largest absolute Gasteiger partial charge is 0.493 e. The molecule has 0 aliphatic heterocycles. The molecule has 3 N–H and O–H groups in total. The Balaban J connectivity index is 2.18. The van der Waals surface area contributed by atoms with Gasteiger partial charge in [0.1, 0.15) is 0 Å². The van der Waals surface area contributed by atoms with E-state index in [1.807, 2.05) is 6.92 Å². The van der Waals surface area contributed by atoms with Crippen LogP contribution in [0.2, 0.25) is 5.02 Å². The summed E-state index contributed by atoms with van der Waals surface area (Å²) in [5, 5.41) is 13.4. The Morgan fingerprint density at radius 1 is 1.46 bits per heavy atom. The predicted molar refractivity (Wildman–Crippen MR) is 101 cm³/mol. The van der Waals surface area contributed by atoms with Gasteiger partial charge in [0.2, 0.25) is 5.95 Å². The van der Waals surface area contributed by atoms with Gasteiger partial charge in [0, 0.05) is 18.6 Å². The van der Waals surface area contributed by atoms with Gasteiger partial charge in [0.15, 0.2) is 11.5 Å². The summed E-state index contributed by atoms with van der Waals surface area (Å²) >= 11 is 6.21. The Labute approximate surface area is 155 Å². The minimum absolute atomic E-state index is 0.114. The smallest absolute Gasteiger partial charge is 0.255 e. The van der Waals surface area contributed by atoms with Gasteiger partial charge < -0.3 is 14.6 Å². The Morgan fingerprint density at radius 3 is 2.85 bits per heavy atom. The van der Waals surface area contributed by atoms with Crippen LogP contribution in [-0.2, 0) is 6.42 Å². The molecule has 0 unspecified atom stereocenters. The number of nitrogens with one attached hydrogen (secondary N) is 2. The van der Waals surface area contributed by atoms with Crippen LogP contribution in [-0.4, -0.2) is 41.6 Å². The molecule has 0 radical (unpaired) electrons. The van der Waals surface area contributed by atoms with Crippen LogP contribution in [0.5, 0.6) is 11.5 Å². The molecule has 2 rings (SSSR count). The average molecular weight is 381 g/mol. The van der Waals surface area contributed by atoms with Crippen molar-refractivity contribution in [2.45, 2.75) is 20.3 Å². The topological polar surface area (TPSA) is 109 Å². The van der Waals surface area contributed by atoms with Gasteiger partial charge in [-0.2, -0.15) is 5.10 Å². The number of halogens is 1. The summed E-state index contributed by atoms with van der Waals surface area (Å²) in [4.78, 5) is 18.8. The number of hydrogen-bond donors (Lipinski definition) is 3. The third-order valence-electron chi connectivity index (χ3n) is 3.51. The second-order valence-corrected chi connectivity index (χ2v) is 5.70. The van der Waals surface area contributed by atoms with E-state index in [0.29, 0.717) is 39.9 Å². The first kappa shape index (κ1) is 19.7. The Bertz CT molecular complexity index is 851. The molecule has 1 heterocycles. The van der Waals surface area contributed by atoms with E-state index in [-0.39, 0.29) is 24.5 Å². The number of rotatable bonds is 8. The fraction of sp³-hybridized carbons (Fsp3) is 0.353. The number of hydrazone groups is 1. The summed E-state index contributed by atoms with van der Waals surface area (Å²) < 4.78 is 10.7. The number of aromatic amines is 1. The van der Waals surface area contributed by atoms with Crippen LogP contribution in [0.25, 0.3) is 0 Å². The van der Waals surface area contributed by atoms with E-state index < -0.39 is 0 Å². The second-order valence-electron chi connectivity index (χ2n) is 5.29. The zero-order valence-electron chi connectivity index (χ0n) is 14.8. The number of H-pyrrole nitrogens is 1. The lowest BCUT2D eigenvalue weighted by molar-refractivity contribution is 0.298. The third-order valence-corrected chi connectivity index (χ3v) is 3.79. The molecular weight excluding hydrogens is 360 g/mol. The maximum Gasteiger partial charge on any atom is 0.255 e. The van der Waals surface area contributed by atoms with Gasteiger partial charge in [0.25, 0.3) is 5.56 Å². The lowest BCUT2D eigenvalue weighted by Crippen LogP contribution is -2.19. The number of ether oxygens (including phenoxy) is 2. The predicted octanol–water partition coefficient (Wildman–Crippen LogP) is 2.12. The van der Waals surface area contributed by atoms with E-state index in [2.05, 4.69) is 20.5 Å². The summed E-state index contributed by atoms with van der Waals surface area (Å²) in [6.07, 6.45) is 1.77. The van der Waals surface area contributed by atoms with Gasteiger partial charge in [-0.3, -0.25) is 9.78 Å². The van der Waals surface area contributed by atoms with Crippen molar-refractivity contribution < 1.29 is 14.6 Å². The van der Waals surface area contributed by atoms with E-state index >= 15 is 0 Å². The molecule has 1 aromatic heterocycles. The molecule has 0 amide bonds. The number of anilines is 1. The summed E-state index contributed by atoms with van der Waals surface area (Å²) in [6, 6.07) is 3.42. The van der Waals surface area contributed by atoms with Gasteiger partial charge in [-0.15, -0.1) is 0 Å². The van der Waals surface area contributed by atoms with E-state index in [9.17, 15) is 4.79 Å². The molecule has 0 atom stereocenters. The van der Waals surface area contributed by atoms with Crippen LogP contribution in [0, 0.1) is 6.92 Å². The highest BCUT2D eigenvalue weighted by Crippen LogP contribution is 2.35. The zero-order valence-corrected chi connectivity index (χ0v) is 15.6.